The number of amides is 1. The quantitative estimate of drug-likeness (QED) is 0.807. The van der Waals surface area contributed by atoms with Gasteiger partial charge in [-0.05, 0) is 62.3 Å². The van der Waals surface area contributed by atoms with E-state index in [1.807, 2.05) is 0 Å². The molecule has 4 heteroatoms. The zero-order valence-electron chi connectivity index (χ0n) is 12.3. The number of aryl methyl sites for hydroxylation is 2. The molecule has 2 atom stereocenters. The van der Waals surface area contributed by atoms with Crippen LogP contribution in [0.1, 0.15) is 37.3 Å². The normalized spacial score (nSPS) is 22.0. The topological polar surface area (TPSA) is 29.1 Å². The number of nitrogens with one attached hydrogen (secondary N) is 1. The Kier molecular flexibility index (Phi) is 5.56. The Morgan fingerprint density at radius 2 is 2.10 bits per heavy atom. The van der Waals surface area contributed by atoms with Crippen LogP contribution >= 0.6 is 27.7 Å². The van der Waals surface area contributed by atoms with Crippen LogP contribution in [0.3, 0.4) is 0 Å². The lowest BCUT2D eigenvalue weighted by atomic mass is 10.1. The van der Waals surface area contributed by atoms with E-state index in [0.29, 0.717) is 11.8 Å². The molecule has 2 unspecified atom stereocenters. The third-order valence-corrected chi connectivity index (χ3v) is 5.89. The molecule has 0 spiro atoms. The van der Waals surface area contributed by atoms with Gasteiger partial charge in [0.25, 0.3) is 0 Å². The fraction of sp³-hybridized carbons (Fsp3) is 0.562. The van der Waals surface area contributed by atoms with Gasteiger partial charge in [-0.25, -0.2) is 0 Å². The monoisotopic (exact) mass is 355 g/mol. The largest absolute Gasteiger partial charge is 0.353 e. The van der Waals surface area contributed by atoms with Crippen molar-refractivity contribution in [3.8, 4) is 0 Å². The van der Waals surface area contributed by atoms with Crippen LogP contribution in [0.2, 0.25) is 0 Å². The van der Waals surface area contributed by atoms with Crippen molar-refractivity contribution < 1.29 is 4.79 Å². The highest BCUT2D eigenvalue weighted by Crippen LogP contribution is 2.29. The van der Waals surface area contributed by atoms with Crippen LogP contribution < -0.4 is 5.32 Å². The number of carbonyl (C=O) groups excluding carboxylic acids is 1. The highest BCUT2D eigenvalue weighted by atomic mass is 79.9. The number of benzene rings is 1. The second-order valence-electron chi connectivity index (χ2n) is 5.84. The number of hydrogen-bond donors (Lipinski definition) is 1. The predicted octanol–water partition coefficient (Wildman–Crippen LogP) is 4.46. The van der Waals surface area contributed by atoms with Gasteiger partial charge in [-0.15, -0.1) is 11.8 Å². The second kappa shape index (κ2) is 6.99. The predicted molar refractivity (Wildman–Crippen MR) is 89.3 cm³/mol. The van der Waals surface area contributed by atoms with Gasteiger partial charge in [0.05, 0.1) is 5.75 Å². The Morgan fingerprint density at radius 1 is 1.35 bits per heavy atom. The first-order valence-corrected chi connectivity index (χ1v) is 8.92. The van der Waals surface area contributed by atoms with E-state index in [4.69, 9.17) is 0 Å². The first-order chi connectivity index (χ1) is 9.45. The van der Waals surface area contributed by atoms with Crippen molar-refractivity contribution in [2.45, 2.75) is 51.0 Å². The Hall–Kier alpha value is -0.480. The zero-order chi connectivity index (χ0) is 14.7. The van der Waals surface area contributed by atoms with Crippen molar-refractivity contribution in [1.82, 2.24) is 5.32 Å². The molecule has 1 aromatic carbocycles. The molecule has 2 rings (SSSR count). The Bertz CT molecular complexity index is 503. The molecule has 0 aliphatic heterocycles. The van der Waals surface area contributed by atoms with Gasteiger partial charge in [0.15, 0.2) is 0 Å². The highest BCUT2D eigenvalue weighted by molar-refractivity contribution is 9.10. The lowest BCUT2D eigenvalue weighted by Crippen LogP contribution is -2.34. The number of hydrogen-bond acceptors (Lipinski definition) is 2. The van der Waals surface area contributed by atoms with Crippen molar-refractivity contribution >= 4 is 33.6 Å². The van der Waals surface area contributed by atoms with Crippen LogP contribution in [-0.2, 0) is 4.79 Å². The molecule has 1 amide bonds. The average molecular weight is 356 g/mol. The van der Waals surface area contributed by atoms with Crippen molar-refractivity contribution in [2.24, 2.45) is 5.92 Å². The van der Waals surface area contributed by atoms with Crippen LogP contribution in [0.5, 0.6) is 0 Å². The van der Waals surface area contributed by atoms with E-state index < -0.39 is 0 Å². The number of thioether (sulfide) groups is 1. The summed E-state index contributed by atoms with van der Waals surface area (Å²) in [5, 5.41) is 3.16. The molecule has 20 heavy (non-hydrogen) atoms. The van der Waals surface area contributed by atoms with Crippen LogP contribution in [0.25, 0.3) is 0 Å². The fourth-order valence-electron chi connectivity index (χ4n) is 2.66. The van der Waals surface area contributed by atoms with Crippen LogP contribution in [-0.4, -0.2) is 17.7 Å². The summed E-state index contributed by atoms with van der Waals surface area (Å²) in [5.74, 6) is 1.42. The second-order valence-corrected chi connectivity index (χ2v) is 7.71. The first kappa shape index (κ1) is 15.9. The molecule has 1 N–H and O–H groups in total. The number of carbonyl (C=O) groups is 1. The number of rotatable bonds is 4. The van der Waals surface area contributed by atoms with Gasteiger partial charge in [-0.2, -0.15) is 0 Å². The third kappa shape index (κ3) is 4.26. The van der Waals surface area contributed by atoms with Gasteiger partial charge in [-0.3, -0.25) is 4.79 Å². The molecular weight excluding hydrogens is 334 g/mol. The van der Waals surface area contributed by atoms with E-state index in [1.165, 1.54) is 22.4 Å². The van der Waals surface area contributed by atoms with E-state index in [0.717, 1.165) is 23.2 Å². The van der Waals surface area contributed by atoms with E-state index in [9.17, 15) is 4.79 Å². The molecule has 110 valence electrons. The minimum Gasteiger partial charge on any atom is -0.353 e. The molecule has 0 saturated heterocycles. The maximum Gasteiger partial charge on any atom is 0.230 e. The molecule has 1 aromatic rings. The van der Waals surface area contributed by atoms with E-state index in [1.54, 1.807) is 11.8 Å². The molecule has 1 fully saturated rings. The summed E-state index contributed by atoms with van der Waals surface area (Å²) in [6.45, 7) is 6.42. The molecule has 0 aromatic heterocycles. The molecule has 1 aliphatic carbocycles. The fourth-order valence-corrected chi connectivity index (χ4v) is 4.04. The van der Waals surface area contributed by atoms with Crippen molar-refractivity contribution in [2.75, 3.05) is 5.75 Å². The summed E-state index contributed by atoms with van der Waals surface area (Å²) in [5.41, 5.74) is 2.43. The lowest BCUT2D eigenvalue weighted by Gasteiger charge is -2.13. The van der Waals surface area contributed by atoms with Gasteiger partial charge >= 0.3 is 0 Å². The molecule has 1 saturated carbocycles. The van der Waals surface area contributed by atoms with Gasteiger partial charge in [0, 0.05) is 15.4 Å². The van der Waals surface area contributed by atoms with Gasteiger partial charge in [-0.1, -0.05) is 22.9 Å². The summed E-state index contributed by atoms with van der Waals surface area (Å²) in [6, 6.07) is 4.66. The van der Waals surface area contributed by atoms with Crippen LogP contribution in [0.4, 0.5) is 0 Å². The zero-order valence-corrected chi connectivity index (χ0v) is 14.7. The van der Waals surface area contributed by atoms with Crippen molar-refractivity contribution in [3.05, 3.63) is 27.7 Å². The highest BCUT2D eigenvalue weighted by Gasteiger charge is 2.22. The molecular formula is C16H22BrNOS. The SMILES string of the molecule is Cc1cc(SCC(=O)NC2CCC(C)C2)c(C)cc1Br. The standard InChI is InChI=1S/C16H22BrNOS/c1-10-4-5-13(6-10)18-16(19)9-20-15-8-11(2)14(17)7-12(15)3/h7-8,10,13H,4-6,9H2,1-3H3,(H,18,19). The van der Waals surface area contributed by atoms with Crippen LogP contribution in [0.15, 0.2) is 21.5 Å². The smallest absolute Gasteiger partial charge is 0.230 e. The summed E-state index contributed by atoms with van der Waals surface area (Å²) < 4.78 is 1.13. The van der Waals surface area contributed by atoms with Gasteiger partial charge in [0.2, 0.25) is 5.91 Å². The van der Waals surface area contributed by atoms with E-state index in [-0.39, 0.29) is 5.91 Å². The Morgan fingerprint density at radius 3 is 2.75 bits per heavy atom. The lowest BCUT2D eigenvalue weighted by molar-refractivity contribution is -0.119. The Balaban J connectivity index is 1.85. The van der Waals surface area contributed by atoms with Crippen molar-refractivity contribution in [3.63, 3.8) is 0 Å². The summed E-state index contributed by atoms with van der Waals surface area (Å²) in [6.07, 6.45) is 3.50. The molecule has 1 aliphatic rings. The first-order valence-electron chi connectivity index (χ1n) is 7.14. The minimum atomic E-state index is 0.161. The minimum absolute atomic E-state index is 0.161. The molecule has 0 heterocycles. The van der Waals surface area contributed by atoms with E-state index >= 15 is 0 Å². The average Bonchev–Trinajstić information content (AvgIpc) is 2.77. The molecule has 2 nitrogen and oxygen atoms in total. The summed E-state index contributed by atoms with van der Waals surface area (Å²) >= 11 is 5.16. The Labute approximate surface area is 134 Å². The van der Waals surface area contributed by atoms with E-state index in [2.05, 4.69) is 54.2 Å². The molecule has 0 bridgehead atoms. The van der Waals surface area contributed by atoms with Gasteiger partial charge in [0.1, 0.15) is 0 Å². The third-order valence-electron chi connectivity index (χ3n) is 3.87. The van der Waals surface area contributed by atoms with Crippen LogP contribution in [0, 0.1) is 19.8 Å². The summed E-state index contributed by atoms with van der Waals surface area (Å²) in [4.78, 5) is 13.2. The number of halogens is 1. The van der Waals surface area contributed by atoms with Gasteiger partial charge < -0.3 is 5.32 Å². The van der Waals surface area contributed by atoms with Crippen molar-refractivity contribution in [1.29, 1.82) is 0 Å². The summed E-state index contributed by atoms with van der Waals surface area (Å²) in [7, 11) is 0. The maximum absolute atomic E-state index is 12.0. The maximum atomic E-state index is 12.0. The molecule has 0 radical (unpaired) electrons.